The molecule has 0 fully saturated rings. The number of esters is 1. The molecule has 184 valence electrons. The van der Waals surface area contributed by atoms with Crippen LogP contribution in [0, 0.1) is 0 Å². The number of unbranched alkanes of at least 4 members (excludes halogenated alkanes) is 8. The summed E-state index contributed by atoms with van der Waals surface area (Å²) < 4.78 is 26.1. The van der Waals surface area contributed by atoms with E-state index in [1.807, 2.05) is 6.92 Å². The first-order valence-corrected chi connectivity index (χ1v) is 13.0. The number of rotatable bonds is 21. The van der Waals surface area contributed by atoms with E-state index in [0.717, 1.165) is 32.1 Å². The van der Waals surface area contributed by atoms with Gasteiger partial charge in [0.2, 0.25) is 5.91 Å². The van der Waals surface area contributed by atoms with Crippen LogP contribution in [-0.4, -0.2) is 54.3 Å². The highest BCUT2D eigenvalue weighted by Gasteiger charge is 2.23. The number of aliphatic hydroxyl groups excluding tert-OH is 1. The fraction of sp³-hybridized carbons (Fsp3) is 0.905. The van der Waals surface area contributed by atoms with E-state index in [-0.39, 0.29) is 32.1 Å². The van der Waals surface area contributed by atoms with Gasteiger partial charge >= 0.3 is 13.8 Å². The van der Waals surface area contributed by atoms with Crippen LogP contribution in [0.2, 0.25) is 0 Å². The lowest BCUT2D eigenvalue weighted by atomic mass is 10.1. The normalized spacial score (nSPS) is 14.1. The molecular weight excluding hydrogens is 425 g/mol. The molecular formula is C21H42NO8P. The van der Waals surface area contributed by atoms with Gasteiger partial charge in [0.1, 0.15) is 12.7 Å². The largest absolute Gasteiger partial charge is 0.472 e. The van der Waals surface area contributed by atoms with Crippen LogP contribution in [-0.2, 0) is 27.9 Å². The van der Waals surface area contributed by atoms with Crippen LogP contribution in [0.25, 0.3) is 0 Å². The molecule has 0 saturated heterocycles. The third-order valence-electron chi connectivity index (χ3n) is 4.54. The second-order valence-corrected chi connectivity index (χ2v) is 9.07. The minimum atomic E-state index is -4.36. The Hall–Kier alpha value is -0.990. The maximum absolute atomic E-state index is 11.7. The monoisotopic (exact) mass is 467 g/mol. The lowest BCUT2D eigenvalue weighted by Crippen LogP contribution is -2.27. The lowest BCUT2D eigenvalue weighted by Gasteiger charge is -2.15. The van der Waals surface area contributed by atoms with Gasteiger partial charge in [-0.1, -0.05) is 65.2 Å². The van der Waals surface area contributed by atoms with E-state index in [1.165, 1.54) is 32.1 Å². The Bertz CT molecular complexity index is 518. The van der Waals surface area contributed by atoms with Crippen molar-refractivity contribution in [2.24, 2.45) is 0 Å². The van der Waals surface area contributed by atoms with Crippen molar-refractivity contribution >= 4 is 19.7 Å². The second kappa shape index (κ2) is 19.7. The van der Waals surface area contributed by atoms with E-state index in [1.54, 1.807) is 0 Å². The molecule has 10 heteroatoms. The van der Waals surface area contributed by atoms with Gasteiger partial charge in [-0.05, 0) is 12.8 Å². The van der Waals surface area contributed by atoms with Gasteiger partial charge in [-0.15, -0.1) is 0 Å². The highest BCUT2D eigenvalue weighted by atomic mass is 31.2. The average Bonchev–Trinajstić information content (AvgIpc) is 2.74. The van der Waals surface area contributed by atoms with Crippen molar-refractivity contribution in [1.29, 1.82) is 0 Å². The Labute approximate surface area is 186 Å². The molecule has 2 atom stereocenters. The maximum Gasteiger partial charge on any atom is 0.472 e. The third-order valence-corrected chi connectivity index (χ3v) is 5.52. The lowest BCUT2D eigenvalue weighted by molar-refractivity contribution is -0.147. The maximum atomic E-state index is 11.7. The SMILES string of the molecule is CCCCCCCCCCC(=O)OCC(O)COP(=O)(O)OCCNC(=O)CCCC. The Morgan fingerprint density at radius 1 is 0.871 bits per heavy atom. The Morgan fingerprint density at radius 2 is 1.48 bits per heavy atom. The van der Waals surface area contributed by atoms with Gasteiger partial charge < -0.3 is 20.1 Å². The van der Waals surface area contributed by atoms with Crippen molar-refractivity contribution < 1.29 is 37.9 Å². The predicted octanol–water partition coefficient (Wildman–Crippen LogP) is 3.86. The van der Waals surface area contributed by atoms with Crippen molar-refractivity contribution in [3.05, 3.63) is 0 Å². The van der Waals surface area contributed by atoms with Gasteiger partial charge in [-0.2, -0.15) is 0 Å². The Kier molecular flexibility index (Phi) is 19.0. The second-order valence-electron chi connectivity index (χ2n) is 7.61. The molecule has 0 rings (SSSR count). The minimum Gasteiger partial charge on any atom is -0.463 e. The molecule has 0 radical (unpaired) electrons. The van der Waals surface area contributed by atoms with E-state index >= 15 is 0 Å². The number of ether oxygens (including phenoxy) is 1. The van der Waals surface area contributed by atoms with Crippen molar-refractivity contribution in [3.8, 4) is 0 Å². The summed E-state index contributed by atoms with van der Waals surface area (Å²) >= 11 is 0. The summed E-state index contributed by atoms with van der Waals surface area (Å²) in [6.45, 7) is 3.21. The number of hydrogen-bond acceptors (Lipinski definition) is 7. The van der Waals surface area contributed by atoms with Gasteiger partial charge in [-0.25, -0.2) is 4.57 Å². The number of nitrogens with one attached hydrogen (secondary N) is 1. The topological polar surface area (TPSA) is 131 Å². The first-order chi connectivity index (χ1) is 14.8. The number of carbonyl (C=O) groups is 2. The van der Waals surface area contributed by atoms with Gasteiger partial charge in [0.05, 0.1) is 13.2 Å². The molecule has 0 aliphatic rings. The van der Waals surface area contributed by atoms with Crippen molar-refractivity contribution in [3.63, 3.8) is 0 Å². The van der Waals surface area contributed by atoms with Crippen molar-refractivity contribution in [1.82, 2.24) is 5.32 Å². The molecule has 1 amide bonds. The van der Waals surface area contributed by atoms with Gasteiger partial charge in [0.15, 0.2) is 0 Å². The average molecular weight is 468 g/mol. The molecule has 0 aromatic carbocycles. The zero-order valence-electron chi connectivity index (χ0n) is 19.2. The molecule has 0 spiro atoms. The molecule has 0 aliphatic heterocycles. The summed E-state index contributed by atoms with van der Waals surface area (Å²) in [4.78, 5) is 32.7. The summed E-state index contributed by atoms with van der Waals surface area (Å²) in [7, 11) is -4.36. The number of carbonyl (C=O) groups excluding carboxylic acids is 2. The molecule has 9 nitrogen and oxygen atoms in total. The fourth-order valence-corrected chi connectivity index (χ4v) is 3.46. The van der Waals surface area contributed by atoms with Crippen LogP contribution in [0.5, 0.6) is 0 Å². The van der Waals surface area contributed by atoms with Crippen LogP contribution in [0.1, 0.15) is 90.9 Å². The van der Waals surface area contributed by atoms with Crippen LogP contribution in [0.15, 0.2) is 0 Å². The molecule has 0 aromatic rings. The van der Waals surface area contributed by atoms with Crippen molar-refractivity contribution in [2.45, 2.75) is 97.0 Å². The van der Waals surface area contributed by atoms with E-state index in [0.29, 0.717) is 6.42 Å². The minimum absolute atomic E-state index is 0.0787. The molecule has 3 N–H and O–H groups in total. The first kappa shape index (κ1) is 30.0. The van der Waals surface area contributed by atoms with Gasteiger partial charge in [-0.3, -0.25) is 18.6 Å². The zero-order chi connectivity index (χ0) is 23.4. The van der Waals surface area contributed by atoms with E-state index < -0.39 is 26.5 Å². The van der Waals surface area contributed by atoms with Crippen LogP contribution in [0.4, 0.5) is 0 Å². The smallest absolute Gasteiger partial charge is 0.463 e. The van der Waals surface area contributed by atoms with Crippen LogP contribution >= 0.6 is 7.82 Å². The molecule has 31 heavy (non-hydrogen) atoms. The quantitative estimate of drug-likeness (QED) is 0.132. The predicted molar refractivity (Wildman–Crippen MR) is 118 cm³/mol. The molecule has 2 unspecified atom stereocenters. The molecule has 0 aliphatic carbocycles. The van der Waals surface area contributed by atoms with E-state index in [9.17, 15) is 24.2 Å². The number of phosphoric ester groups is 1. The van der Waals surface area contributed by atoms with Gasteiger partial charge in [0, 0.05) is 19.4 Å². The van der Waals surface area contributed by atoms with E-state index in [4.69, 9.17) is 9.26 Å². The summed E-state index contributed by atoms with van der Waals surface area (Å²) in [5.41, 5.74) is 0. The molecule has 0 heterocycles. The summed E-state index contributed by atoms with van der Waals surface area (Å²) in [5.74, 6) is -0.560. The highest BCUT2D eigenvalue weighted by Crippen LogP contribution is 2.42. The first-order valence-electron chi connectivity index (χ1n) is 11.5. The molecule has 0 bridgehead atoms. The molecule has 0 saturated carbocycles. The number of hydrogen-bond donors (Lipinski definition) is 3. The standard InChI is InChI=1S/C21H42NO8P/c1-3-5-7-8-9-10-11-12-14-21(25)28-17-19(23)18-30-31(26,27)29-16-15-22-20(24)13-6-4-2/h19,23H,3-18H2,1-2H3,(H,22,24)(H,26,27). The Morgan fingerprint density at radius 3 is 2.13 bits per heavy atom. The molecule has 0 aromatic heterocycles. The summed E-state index contributed by atoms with van der Waals surface area (Å²) in [6, 6.07) is 0. The zero-order valence-corrected chi connectivity index (χ0v) is 20.1. The highest BCUT2D eigenvalue weighted by molar-refractivity contribution is 7.47. The number of amides is 1. The number of aliphatic hydroxyl groups is 1. The van der Waals surface area contributed by atoms with Crippen LogP contribution in [0.3, 0.4) is 0 Å². The van der Waals surface area contributed by atoms with Crippen LogP contribution < -0.4 is 5.32 Å². The van der Waals surface area contributed by atoms with Crippen molar-refractivity contribution in [2.75, 3.05) is 26.4 Å². The summed E-state index contributed by atoms with van der Waals surface area (Å²) in [6.07, 6.45) is 10.1. The van der Waals surface area contributed by atoms with Gasteiger partial charge in [0.25, 0.3) is 0 Å². The fourth-order valence-electron chi connectivity index (χ4n) is 2.71. The summed E-state index contributed by atoms with van der Waals surface area (Å²) in [5, 5.41) is 12.3. The Balaban J connectivity index is 3.72. The van der Waals surface area contributed by atoms with E-state index in [2.05, 4.69) is 16.8 Å². The number of phosphoric acid groups is 1. The third kappa shape index (κ3) is 20.7.